The van der Waals surface area contributed by atoms with Crippen LogP contribution < -0.4 is 10.6 Å². The van der Waals surface area contributed by atoms with Gasteiger partial charge in [-0.2, -0.15) is 13.2 Å². The zero-order chi connectivity index (χ0) is 19.3. The Balaban J connectivity index is 2.86. The molecular weight excluding hydrogens is 355 g/mol. The summed E-state index contributed by atoms with van der Waals surface area (Å²) in [5.74, 6) is 0.344. The topological polar surface area (TPSA) is 70.6 Å². The molecule has 0 radical (unpaired) electrons. The molecule has 5 nitrogen and oxygen atoms in total. The van der Waals surface area contributed by atoms with E-state index < -0.39 is 26.3 Å². The minimum atomic E-state index is -4.40. The second-order valence-electron chi connectivity index (χ2n) is 6.28. The van der Waals surface area contributed by atoms with Crippen molar-refractivity contribution in [1.82, 2.24) is 10.6 Å². The van der Waals surface area contributed by atoms with Gasteiger partial charge in [0, 0.05) is 19.3 Å². The SMILES string of the molecule is CCNC(=NCc1cccc(C(F)(F)F)c1)NCC(C)(C)S(C)(=O)=O. The molecular formula is C16H24F3N3O2S. The van der Waals surface area contributed by atoms with Gasteiger partial charge >= 0.3 is 6.18 Å². The van der Waals surface area contributed by atoms with Gasteiger partial charge in [0.05, 0.1) is 16.9 Å². The molecule has 0 aliphatic rings. The van der Waals surface area contributed by atoms with Gasteiger partial charge in [-0.1, -0.05) is 12.1 Å². The lowest BCUT2D eigenvalue weighted by Crippen LogP contribution is -2.47. The quantitative estimate of drug-likeness (QED) is 0.589. The predicted octanol–water partition coefficient (Wildman–Crippen LogP) is 2.58. The van der Waals surface area contributed by atoms with Crippen molar-refractivity contribution in [1.29, 1.82) is 0 Å². The summed E-state index contributed by atoms with van der Waals surface area (Å²) >= 11 is 0. The number of benzene rings is 1. The van der Waals surface area contributed by atoms with Crippen molar-refractivity contribution < 1.29 is 21.6 Å². The van der Waals surface area contributed by atoms with Crippen LogP contribution in [-0.2, 0) is 22.6 Å². The van der Waals surface area contributed by atoms with Crippen molar-refractivity contribution in [2.45, 2.75) is 38.2 Å². The van der Waals surface area contributed by atoms with E-state index in [1.807, 2.05) is 6.92 Å². The maximum absolute atomic E-state index is 12.7. The smallest absolute Gasteiger partial charge is 0.357 e. The van der Waals surface area contributed by atoms with Gasteiger partial charge in [-0.3, -0.25) is 0 Å². The van der Waals surface area contributed by atoms with Gasteiger partial charge in [-0.25, -0.2) is 13.4 Å². The third-order valence-electron chi connectivity index (χ3n) is 3.70. The second kappa shape index (κ2) is 8.07. The fourth-order valence-electron chi connectivity index (χ4n) is 1.79. The highest BCUT2D eigenvalue weighted by Gasteiger charge is 2.31. The summed E-state index contributed by atoms with van der Waals surface area (Å²) in [4.78, 5) is 4.22. The van der Waals surface area contributed by atoms with E-state index in [1.54, 1.807) is 19.9 Å². The molecule has 1 aromatic carbocycles. The van der Waals surface area contributed by atoms with E-state index in [9.17, 15) is 21.6 Å². The average Bonchev–Trinajstić information content (AvgIpc) is 2.48. The Labute approximate surface area is 146 Å². The monoisotopic (exact) mass is 379 g/mol. The maximum atomic E-state index is 12.7. The lowest BCUT2D eigenvalue weighted by atomic mass is 10.1. The summed E-state index contributed by atoms with van der Waals surface area (Å²) in [6, 6.07) is 4.95. The number of sulfone groups is 1. The fraction of sp³-hybridized carbons (Fsp3) is 0.562. The highest BCUT2D eigenvalue weighted by atomic mass is 32.2. The molecule has 9 heteroatoms. The molecule has 0 aliphatic heterocycles. The number of nitrogens with zero attached hydrogens (tertiary/aromatic N) is 1. The van der Waals surface area contributed by atoms with Crippen molar-refractivity contribution in [3.05, 3.63) is 35.4 Å². The van der Waals surface area contributed by atoms with Crippen molar-refractivity contribution in [3.63, 3.8) is 0 Å². The second-order valence-corrected chi connectivity index (χ2v) is 8.93. The minimum absolute atomic E-state index is 0.0402. The summed E-state index contributed by atoms with van der Waals surface area (Å²) in [6.45, 7) is 5.72. The number of rotatable bonds is 6. The Kier molecular flexibility index (Phi) is 6.87. The van der Waals surface area contributed by atoms with Gasteiger partial charge in [-0.05, 0) is 38.5 Å². The Morgan fingerprint density at radius 2 is 1.84 bits per heavy atom. The Bertz CT molecular complexity index is 714. The van der Waals surface area contributed by atoms with Crippen LogP contribution in [0.4, 0.5) is 13.2 Å². The van der Waals surface area contributed by atoms with Gasteiger partial charge in [-0.15, -0.1) is 0 Å². The standard InChI is InChI=1S/C16H24F3N3O2S/c1-5-20-14(22-11-15(2,3)25(4,23)24)21-10-12-7-6-8-13(9-12)16(17,18)19/h6-9H,5,10-11H2,1-4H3,(H2,20,21,22). The van der Waals surface area contributed by atoms with Gasteiger partial charge in [0.25, 0.3) is 0 Å². The molecule has 0 saturated carbocycles. The number of hydrogen-bond acceptors (Lipinski definition) is 3. The molecule has 0 aliphatic carbocycles. The summed E-state index contributed by atoms with van der Waals surface area (Å²) in [6.07, 6.45) is -3.25. The Morgan fingerprint density at radius 1 is 1.20 bits per heavy atom. The van der Waals surface area contributed by atoms with Crippen LogP contribution >= 0.6 is 0 Å². The van der Waals surface area contributed by atoms with E-state index in [1.165, 1.54) is 6.07 Å². The number of halogens is 3. The molecule has 0 heterocycles. The lowest BCUT2D eigenvalue weighted by molar-refractivity contribution is -0.137. The number of hydrogen-bond donors (Lipinski definition) is 2. The molecule has 0 spiro atoms. The number of guanidine groups is 1. The van der Waals surface area contributed by atoms with E-state index in [2.05, 4.69) is 15.6 Å². The third-order valence-corrected chi connectivity index (χ3v) is 5.86. The molecule has 1 aromatic rings. The van der Waals surface area contributed by atoms with Crippen molar-refractivity contribution in [3.8, 4) is 0 Å². The normalized spacial score (nSPS) is 13.6. The predicted molar refractivity (Wildman–Crippen MR) is 93.2 cm³/mol. The molecule has 1 rings (SSSR count). The van der Waals surface area contributed by atoms with Crippen LogP contribution in [0.3, 0.4) is 0 Å². The summed E-state index contributed by atoms with van der Waals surface area (Å²) in [5.41, 5.74) is -0.314. The van der Waals surface area contributed by atoms with Crippen LogP contribution in [0.25, 0.3) is 0 Å². The van der Waals surface area contributed by atoms with Gasteiger partial charge in [0.1, 0.15) is 0 Å². The first kappa shape index (κ1) is 21.3. The van der Waals surface area contributed by atoms with E-state index in [0.717, 1.165) is 18.4 Å². The molecule has 0 saturated heterocycles. The fourth-order valence-corrected chi connectivity index (χ4v) is 2.12. The molecule has 0 fully saturated rings. The van der Waals surface area contributed by atoms with E-state index in [-0.39, 0.29) is 13.1 Å². The van der Waals surface area contributed by atoms with Gasteiger partial charge in [0.15, 0.2) is 15.8 Å². The van der Waals surface area contributed by atoms with Crippen molar-refractivity contribution >= 4 is 15.8 Å². The molecule has 0 atom stereocenters. The zero-order valence-corrected chi connectivity index (χ0v) is 15.6. The van der Waals surface area contributed by atoms with Crippen molar-refractivity contribution in [2.24, 2.45) is 4.99 Å². The minimum Gasteiger partial charge on any atom is -0.357 e. The molecule has 0 unspecified atom stereocenters. The number of aliphatic imine (C=N–C) groups is 1. The number of alkyl halides is 3. The van der Waals surface area contributed by atoms with E-state index >= 15 is 0 Å². The van der Waals surface area contributed by atoms with Crippen LogP contribution in [-0.4, -0.2) is 38.5 Å². The van der Waals surface area contributed by atoms with Crippen LogP contribution in [0, 0.1) is 0 Å². The summed E-state index contributed by atoms with van der Waals surface area (Å²) < 4.78 is 60.7. The Hall–Kier alpha value is -1.77. The maximum Gasteiger partial charge on any atom is 0.416 e. The van der Waals surface area contributed by atoms with Gasteiger partial charge < -0.3 is 10.6 Å². The first-order valence-electron chi connectivity index (χ1n) is 7.75. The zero-order valence-electron chi connectivity index (χ0n) is 14.7. The number of nitrogens with one attached hydrogen (secondary N) is 2. The summed E-state index contributed by atoms with van der Waals surface area (Å²) in [7, 11) is -3.27. The summed E-state index contributed by atoms with van der Waals surface area (Å²) in [5, 5.41) is 5.86. The van der Waals surface area contributed by atoms with Gasteiger partial charge in [0.2, 0.25) is 0 Å². The molecule has 0 bridgehead atoms. The Morgan fingerprint density at radius 3 is 2.36 bits per heavy atom. The molecule has 142 valence electrons. The molecule has 0 aromatic heterocycles. The van der Waals surface area contributed by atoms with Crippen LogP contribution in [0.1, 0.15) is 31.9 Å². The largest absolute Gasteiger partial charge is 0.416 e. The first-order valence-corrected chi connectivity index (χ1v) is 9.64. The highest BCUT2D eigenvalue weighted by molar-refractivity contribution is 7.92. The van der Waals surface area contributed by atoms with E-state index in [4.69, 9.17) is 0 Å². The molecule has 25 heavy (non-hydrogen) atoms. The van der Waals surface area contributed by atoms with Crippen molar-refractivity contribution in [2.75, 3.05) is 19.3 Å². The molecule has 0 amide bonds. The molecule has 2 N–H and O–H groups in total. The lowest BCUT2D eigenvalue weighted by Gasteiger charge is -2.24. The highest BCUT2D eigenvalue weighted by Crippen LogP contribution is 2.29. The average molecular weight is 379 g/mol. The third kappa shape index (κ3) is 6.56. The van der Waals surface area contributed by atoms with Crippen LogP contribution in [0.2, 0.25) is 0 Å². The van der Waals surface area contributed by atoms with Crippen LogP contribution in [0.5, 0.6) is 0 Å². The van der Waals surface area contributed by atoms with E-state index in [0.29, 0.717) is 18.1 Å². The first-order chi connectivity index (χ1) is 11.4. The van der Waals surface area contributed by atoms with Crippen LogP contribution in [0.15, 0.2) is 29.3 Å².